The van der Waals surface area contributed by atoms with E-state index in [1.807, 2.05) is 6.92 Å². The Bertz CT molecular complexity index is 635. The number of esters is 1. The third-order valence-electron chi connectivity index (χ3n) is 3.99. The highest BCUT2D eigenvalue weighted by molar-refractivity contribution is 5.98. The van der Waals surface area contributed by atoms with Gasteiger partial charge in [-0.2, -0.15) is 0 Å². The predicted molar refractivity (Wildman–Crippen MR) is 92.3 cm³/mol. The van der Waals surface area contributed by atoms with E-state index in [0.29, 0.717) is 18.4 Å². The summed E-state index contributed by atoms with van der Waals surface area (Å²) in [6, 6.07) is 7.81. The maximum Gasteiger partial charge on any atom is 0.411 e. The quantitative estimate of drug-likeness (QED) is 0.618. The Hall–Kier alpha value is -2.37. The molecule has 1 aromatic carbocycles. The Morgan fingerprint density at radius 2 is 1.76 bits per heavy atom. The number of Topliss-reactive ketones (excluding diaryl/α,β-unsaturated/α-hetero) is 1. The van der Waals surface area contributed by atoms with E-state index in [0.717, 1.165) is 0 Å². The number of carbonyl (C=O) groups excluding carboxylic acids is 3. The highest BCUT2D eigenvalue weighted by Crippen LogP contribution is 2.27. The Morgan fingerprint density at radius 3 is 2.36 bits per heavy atom. The Kier molecular flexibility index (Phi) is 5.82. The molecule has 0 unspecified atom stereocenters. The number of likely N-dealkylation sites (tertiary alicyclic amines) is 1. The molecule has 25 heavy (non-hydrogen) atoms. The van der Waals surface area contributed by atoms with Crippen LogP contribution in [0.3, 0.4) is 0 Å². The zero-order chi connectivity index (χ0) is 18.6. The maximum absolute atomic E-state index is 12.4. The molecule has 0 aliphatic carbocycles. The first-order valence-electron chi connectivity index (χ1n) is 8.45. The fraction of sp³-hybridized carbons (Fsp3) is 0.526. The van der Waals surface area contributed by atoms with Crippen molar-refractivity contribution < 1.29 is 23.9 Å². The summed E-state index contributed by atoms with van der Waals surface area (Å²) in [5, 5.41) is 0. The topological polar surface area (TPSA) is 72.9 Å². The normalized spacial score (nSPS) is 20.2. The zero-order valence-corrected chi connectivity index (χ0v) is 15.2. The van der Waals surface area contributed by atoms with Crippen molar-refractivity contribution in [2.75, 3.05) is 6.61 Å². The van der Waals surface area contributed by atoms with Crippen molar-refractivity contribution in [2.24, 2.45) is 0 Å². The Morgan fingerprint density at radius 1 is 1.12 bits per heavy atom. The summed E-state index contributed by atoms with van der Waals surface area (Å²) in [4.78, 5) is 38.2. The predicted octanol–water partition coefficient (Wildman–Crippen LogP) is 3.20. The van der Waals surface area contributed by atoms with Gasteiger partial charge in [-0.15, -0.1) is 0 Å². The van der Waals surface area contributed by atoms with Crippen LogP contribution in [0.5, 0.6) is 0 Å². The van der Waals surface area contributed by atoms with Crippen LogP contribution < -0.4 is 0 Å². The third kappa shape index (κ3) is 5.05. The highest BCUT2D eigenvalue weighted by atomic mass is 16.6. The second-order valence-electron chi connectivity index (χ2n) is 7.23. The van der Waals surface area contributed by atoms with Crippen molar-refractivity contribution in [1.29, 1.82) is 0 Å². The molecule has 0 aromatic heterocycles. The molecule has 1 heterocycles. The van der Waals surface area contributed by atoms with E-state index in [4.69, 9.17) is 9.47 Å². The number of ether oxygens (including phenoxy) is 2. The number of amides is 1. The molecule has 1 saturated heterocycles. The van der Waals surface area contributed by atoms with Gasteiger partial charge in [0, 0.05) is 11.6 Å². The number of hydrogen-bond acceptors (Lipinski definition) is 5. The number of ketones is 1. The molecule has 1 aliphatic heterocycles. The molecule has 0 N–H and O–H groups in total. The van der Waals surface area contributed by atoms with E-state index in [-0.39, 0.29) is 18.4 Å². The second-order valence-corrected chi connectivity index (χ2v) is 7.23. The monoisotopic (exact) mass is 347 g/mol. The van der Waals surface area contributed by atoms with Gasteiger partial charge in [0.2, 0.25) is 0 Å². The molecule has 0 bridgehead atoms. The molecule has 1 fully saturated rings. The molecule has 2 rings (SSSR count). The second kappa shape index (κ2) is 7.68. The summed E-state index contributed by atoms with van der Waals surface area (Å²) >= 11 is 0. The first-order chi connectivity index (χ1) is 11.7. The summed E-state index contributed by atoms with van der Waals surface area (Å²) in [5.74, 6) is -0.844. The van der Waals surface area contributed by atoms with E-state index < -0.39 is 23.7 Å². The average molecular weight is 347 g/mol. The van der Waals surface area contributed by atoms with Gasteiger partial charge >= 0.3 is 12.1 Å². The van der Waals surface area contributed by atoms with Crippen molar-refractivity contribution in [3.8, 4) is 0 Å². The van der Waals surface area contributed by atoms with Gasteiger partial charge in [0.25, 0.3) is 0 Å². The lowest BCUT2D eigenvalue weighted by Gasteiger charge is -2.30. The van der Waals surface area contributed by atoms with Crippen molar-refractivity contribution in [1.82, 2.24) is 4.90 Å². The molecule has 1 amide bonds. The van der Waals surface area contributed by atoms with E-state index in [1.54, 1.807) is 51.1 Å². The Labute approximate surface area is 148 Å². The molecule has 1 aromatic rings. The van der Waals surface area contributed by atoms with Gasteiger partial charge in [-0.05, 0) is 40.5 Å². The highest BCUT2D eigenvalue weighted by Gasteiger charge is 2.41. The molecule has 6 heteroatoms. The lowest BCUT2D eigenvalue weighted by atomic mass is 10.1. The van der Waals surface area contributed by atoms with Gasteiger partial charge in [-0.3, -0.25) is 9.69 Å². The van der Waals surface area contributed by atoms with Gasteiger partial charge in [0.15, 0.2) is 12.4 Å². The number of hydrogen-bond donors (Lipinski definition) is 0. The number of nitrogens with zero attached hydrogens (tertiary/aromatic N) is 1. The maximum atomic E-state index is 12.4. The zero-order valence-electron chi connectivity index (χ0n) is 15.2. The molecular weight excluding hydrogens is 322 g/mol. The minimum absolute atomic E-state index is 0.114. The standard InChI is InChI=1S/C19H25NO5/c1-13-10-11-15(20(13)18(23)25-19(2,3)4)17(22)24-12-16(21)14-8-6-5-7-9-14/h5-9,13,15H,10-12H2,1-4H3/t13-,15-/m0/s1. The van der Waals surface area contributed by atoms with Crippen LogP contribution in [0.2, 0.25) is 0 Å². The minimum Gasteiger partial charge on any atom is -0.456 e. The van der Waals surface area contributed by atoms with Gasteiger partial charge in [0.05, 0.1) is 0 Å². The van der Waals surface area contributed by atoms with Crippen LogP contribution in [0, 0.1) is 0 Å². The fourth-order valence-corrected chi connectivity index (χ4v) is 2.78. The van der Waals surface area contributed by atoms with Crippen molar-refractivity contribution >= 4 is 17.8 Å². The summed E-state index contributed by atoms with van der Waals surface area (Å²) in [7, 11) is 0. The van der Waals surface area contributed by atoms with Gasteiger partial charge in [-0.25, -0.2) is 9.59 Å². The van der Waals surface area contributed by atoms with E-state index in [2.05, 4.69) is 0 Å². The lowest BCUT2D eigenvalue weighted by molar-refractivity contribution is -0.148. The van der Waals surface area contributed by atoms with Gasteiger partial charge in [0.1, 0.15) is 11.6 Å². The van der Waals surface area contributed by atoms with Crippen LogP contribution in [0.1, 0.15) is 50.9 Å². The van der Waals surface area contributed by atoms with Crippen LogP contribution >= 0.6 is 0 Å². The van der Waals surface area contributed by atoms with E-state index in [1.165, 1.54) is 4.90 Å². The lowest BCUT2D eigenvalue weighted by Crippen LogP contribution is -2.47. The third-order valence-corrected chi connectivity index (χ3v) is 3.99. The smallest absolute Gasteiger partial charge is 0.411 e. The molecule has 6 nitrogen and oxygen atoms in total. The molecule has 0 spiro atoms. The molecule has 0 radical (unpaired) electrons. The Balaban J connectivity index is 1.97. The summed E-state index contributed by atoms with van der Waals surface area (Å²) in [6.07, 6.45) is 0.651. The first kappa shape index (κ1) is 19.0. The van der Waals surface area contributed by atoms with Crippen molar-refractivity contribution in [3.05, 3.63) is 35.9 Å². The number of carbonyl (C=O) groups is 3. The summed E-state index contributed by atoms with van der Waals surface area (Å²) in [6.45, 7) is 6.86. The number of rotatable bonds is 4. The van der Waals surface area contributed by atoms with Crippen molar-refractivity contribution in [2.45, 2.75) is 58.2 Å². The average Bonchev–Trinajstić information content (AvgIpc) is 2.93. The summed E-state index contributed by atoms with van der Waals surface area (Å²) < 4.78 is 10.5. The van der Waals surface area contributed by atoms with E-state index in [9.17, 15) is 14.4 Å². The fourth-order valence-electron chi connectivity index (χ4n) is 2.78. The molecule has 0 saturated carbocycles. The minimum atomic E-state index is -0.714. The molecule has 2 atom stereocenters. The van der Waals surface area contributed by atoms with Crippen LogP contribution in [0.25, 0.3) is 0 Å². The van der Waals surface area contributed by atoms with Crippen LogP contribution in [0.15, 0.2) is 30.3 Å². The van der Waals surface area contributed by atoms with Crippen LogP contribution in [-0.4, -0.2) is 47.0 Å². The van der Waals surface area contributed by atoms with Crippen LogP contribution in [0.4, 0.5) is 4.79 Å². The van der Waals surface area contributed by atoms with Crippen molar-refractivity contribution in [3.63, 3.8) is 0 Å². The molecule has 136 valence electrons. The molecule has 1 aliphatic rings. The largest absolute Gasteiger partial charge is 0.456 e. The van der Waals surface area contributed by atoms with E-state index >= 15 is 0 Å². The number of benzene rings is 1. The van der Waals surface area contributed by atoms with Gasteiger partial charge in [-0.1, -0.05) is 30.3 Å². The SMILES string of the molecule is C[C@H]1CC[C@@H](C(=O)OCC(=O)c2ccccc2)N1C(=O)OC(C)(C)C. The molecular formula is C19H25NO5. The van der Waals surface area contributed by atoms with Gasteiger partial charge < -0.3 is 9.47 Å². The first-order valence-corrected chi connectivity index (χ1v) is 8.45. The summed E-state index contributed by atoms with van der Waals surface area (Å²) in [5.41, 5.74) is -0.156. The van der Waals surface area contributed by atoms with Crippen LogP contribution in [-0.2, 0) is 14.3 Å².